The van der Waals surface area contributed by atoms with Crippen LogP contribution in [0.2, 0.25) is 0 Å². The minimum atomic E-state index is -0.348. The molecule has 0 saturated carbocycles. The number of ether oxygens (including phenoxy) is 2. The van der Waals surface area contributed by atoms with Gasteiger partial charge >= 0.3 is 0 Å². The maximum Gasteiger partial charge on any atom is 0.156 e. The molecule has 2 N–H and O–H groups in total. The van der Waals surface area contributed by atoms with Gasteiger partial charge in [0.15, 0.2) is 6.29 Å². The Morgan fingerprint density at radius 1 is 1.33 bits per heavy atom. The van der Waals surface area contributed by atoms with Gasteiger partial charge in [-0.05, 0) is 19.3 Å². The van der Waals surface area contributed by atoms with Gasteiger partial charge in [-0.25, -0.2) is 0 Å². The number of carbonyl (C=O) groups is 1. The van der Waals surface area contributed by atoms with Crippen LogP contribution in [0.5, 0.6) is 0 Å². The van der Waals surface area contributed by atoms with Crippen molar-refractivity contribution in [2.75, 3.05) is 14.2 Å². The van der Waals surface area contributed by atoms with E-state index in [-0.39, 0.29) is 12.3 Å². The lowest BCUT2D eigenvalue weighted by molar-refractivity contribution is -0.111. The molecule has 12 heavy (non-hydrogen) atoms. The monoisotopic (exact) mass is 175 g/mol. The number of rotatable bonds is 7. The molecule has 0 aliphatic heterocycles. The smallest absolute Gasteiger partial charge is 0.156 e. The molecule has 0 aromatic rings. The van der Waals surface area contributed by atoms with Crippen molar-refractivity contribution in [3.8, 4) is 0 Å². The molecule has 0 spiro atoms. The lowest BCUT2D eigenvalue weighted by Crippen LogP contribution is -2.22. The van der Waals surface area contributed by atoms with Gasteiger partial charge in [-0.1, -0.05) is 0 Å². The Morgan fingerprint density at radius 2 is 1.92 bits per heavy atom. The van der Waals surface area contributed by atoms with Gasteiger partial charge in [-0.3, -0.25) is 0 Å². The van der Waals surface area contributed by atoms with Crippen LogP contribution in [-0.4, -0.2) is 32.8 Å². The molecular weight excluding hydrogens is 158 g/mol. The van der Waals surface area contributed by atoms with E-state index in [0.29, 0.717) is 6.42 Å². The maximum absolute atomic E-state index is 10.1. The number of methoxy groups -OCH3 is 2. The fourth-order valence-corrected chi connectivity index (χ4v) is 0.920. The largest absolute Gasteiger partial charge is 0.356 e. The Hall–Kier alpha value is -0.450. The van der Waals surface area contributed by atoms with Crippen molar-refractivity contribution in [2.24, 2.45) is 5.73 Å². The Balaban J connectivity index is 3.34. The summed E-state index contributed by atoms with van der Waals surface area (Å²) in [5.41, 5.74) is 5.39. The summed E-state index contributed by atoms with van der Waals surface area (Å²) in [6, 6.07) is -0.348. The van der Waals surface area contributed by atoms with Gasteiger partial charge in [0.2, 0.25) is 0 Å². The molecule has 0 saturated heterocycles. The highest BCUT2D eigenvalue weighted by molar-refractivity contribution is 5.56. The Kier molecular flexibility index (Phi) is 6.94. The molecule has 0 amide bonds. The first-order valence-electron chi connectivity index (χ1n) is 4.01. The first-order valence-corrected chi connectivity index (χ1v) is 4.01. The van der Waals surface area contributed by atoms with E-state index in [4.69, 9.17) is 15.2 Å². The zero-order valence-electron chi connectivity index (χ0n) is 7.66. The average molecular weight is 175 g/mol. The lowest BCUT2D eigenvalue weighted by atomic mass is 10.1. The summed E-state index contributed by atoms with van der Waals surface area (Å²) in [6.07, 6.45) is 2.88. The molecule has 1 atom stereocenters. The highest BCUT2D eigenvalue weighted by atomic mass is 16.7. The molecule has 0 aliphatic carbocycles. The van der Waals surface area contributed by atoms with E-state index in [1.165, 1.54) is 0 Å². The molecular formula is C8H17NO3. The van der Waals surface area contributed by atoms with Crippen LogP contribution in [0.15, 0.2) is 0 Å². The zero-order chi connectivity index (χ0) is 9.40. The molecule has 0 fully saturated rings. The summed E-state index contributed by atoms with van der Waals surface area (Å²) in [5.74, 6) is 0. The third-order valence-corrected chi connectivity index (χ3v) is 1.68. The second-order valence-electron chi connectivity index (χ2n) is 2.63. The number of carbonyl (C=O) groups excluding carboxylic acids is 1. The second-order valence-corrected chi connectivity index (χ2v) is 2.63. The van der Waals surface area contributed by atoms with E-state index in [0.717, 1.165) is 19.1 Å². The van der Waals surface area contributed by atoms with Gasteiger partial charge < -0.3 is 20.0 Å². The van der Waals surface area contributed by atoms with E-state index < -0.39 is 0 Å². The summed E-state index contributed by atoms with van der Waals surface area (Å²) < 4.78 is 9.93. The normalized spacial score (nSPS) is 13.3. The average Bonchev–Trinajstić information content (AvgIpc) is 2.12. The first kappa shape index (κ1) is 11.6. The van der Waals surface area contributed by atoms with Crippen LogP contribution in [0.3, 0.4) is 0 Å². The van der Waals surface area contributed by atoms with E-state index in [1.54, 1.807) is 14.2 Å². The van der Waals surface area contributed by atoms with Crippen molar-refractivity contribution in [1.82, 2.24) is 0 Å². The van der Waals surface area contributed by atoms with Crippen LogP contribution < -0.4 is 5.73 Å². The van der Waals surface area contributed by atoms with Crippen molar-refractivity contribution in [1.29, 1.82) is 0 Å². The Morgan fingerprint density at radius 3 is 2.33 bits per heavy atom. The summed E-state index contributed by atoms with van der Waals surface area (Å²) in [4.78, 5) is 10.1. The molecule has 72 valence electrons. The number of nitrogens with two attached hydrogens (primary N) is 1. The standard InChI is InChI=1S/C8H17NO3/c1-11-8(12-2)5-3-4-7(9)6-10/h6-8H,3-5,9H2,1-2H3/t7-/m0/s1. The fourth-order valence-electron chi connectivity index (χ4n) is 0.920. The topological polar surface area (TPSA) is 61.5 Å². The highest BCUT2D eigenvalue weighted by Crippen LogP contribution is 2.05. The maximum atomic E-state index is 10.1. The van der Waals surface area contributed by atoms with Crippen molar-refractivity contribution in [3.05, 3.63) is 0 Å². The first-order chi connectivity index (χ1) is 5.74. The van der Waals surface area contributed by atoms with E-state index in [2.05, 4.69) is 0 Å². The van der Waals surface area contributed by atoms with Crippen LogP contribution in [-0.2, 0) is 14.3 Å². The van der Waals surface area contributed by atoms with Crippen LogP contribution >= 0.6 is 0 Å². The SMILES string of the molecule is COC(CCC[C@H](N)C=O)OC. The summed E-state index contributed by atoms with van der Waals surface area (Å²) in [7, 11) is 3.18. The van der Waals surface area contributed by atoms with Crippen molar-refractivity contribution in [3.63, 3.8) is 0 Å². The minimum Gasteiger partial charge on any atom is -0.356 e. The van der Waals surface area contributed by atoms with Crippen LogP contribution in [0, 0.1) is 0 Å². The molecule has 0 aliphatic rings. The Labute approximate surface area is 73.0 Å². The molecule has 4 nitrogen and oxygen atoms in total. The van der Waals surface area contributed by atoms with Crippen LogP contribution in [0.1, 0.15) is 19.3 Å². The van der Waals surface area contributed by atoms with Gasteiger partial charge in [0.1, 0.15) is 6.29 Å². The molecule has 0 aromatic heterocycles. The minimum absolute atomic E-state index is 0.177. The van der Waals surface area contributed by atoms with Crippen molar-refractivity contribution in [2.45, 2.75) is 31.6 Å². The van der Waals surface area contributed by atoms with Gasteiger partial charge in [0.05, 0.1) is 6.04 Å². The molecule has 0 aromatic carbocycles. The van der Waals surface area contributed by atoms with Crippen molar-refractivity contribution >= 4 is 6.29 Å². The molecule has 0 radical (unpaired) electrons. The predicted octanol–water partition coefficient (Wildman–Crippen LogP) is 0.302. The Bertz CT molecular complexity index is 115. The summed E-state index contributed by atoms with van der Waals surface area (Å²) >= 11 is 0. The summed E-state index contributed by atoms with van der Waals surface area (Å²) in [5, 5.41) is 0. The summed E-state index contributed by atoms with van der Waals surface area (Å²) in [6.45, 7) is 0. The second kappa shape index (κ2) is 7.21. The number of hydrogen-bond donors (Lipinski definition) is 1. The fraction of sp³-hybridized carbons (Fsp3) is 0.875. The zero-order valence-corrected chi connectivity index (χ0v) is 7.66. The molecule has 0 heterocycles. The number of aldehydes is 1. The van der Waals surface area contributed by atoms with Crippen LogP contribution in [0.25, 0.3) is 0 Å². The van der Waals surface area contributed by atoms with Crippen molar-refractivity contribution < 1.29 is 14.3 Å². The van der Waals surface area contributed by atoms with Gasteiger partial charge in [-0.15, -0.1) is 0 Å². The molecule has 0 unspecified atom stereocenters. The van der Waals surface area contributed by atoms with Gasteiger partial charge in [0, 0.05) is 14.2 Å². The highest BCUT2D eigenvalue weighted by Gasteiger charge is 2.06. The van der Waals surface area contributed by atoms with Gasteiger partial charge in [-0.2, -0.15) is 0 Å². The van der Waals surface area contributed by atoms with Gasteiger partial charge in [0.25, 0.3) is 0 Å². The van der Waals surface area contributed by atoms with E-state index >= 15 is 0 Å². The molecule has 0 rings (SSSR count). The lowest BCUT2D eigenvalue weighted by Gasteiger charge is -2.13. The van der Waals surface area contributed by atoms with E-state index in [1.807, 2.05) is 0 Å². The van der Waals surface area contributed by atoms with E-state index in [9.17, 15) is 4.79 Å². The predicted molar refractivity (Wildman–Crippen MR) is 45.7 cm³/mol. The van der Waals surface area contributed by atoms with Crippen LogP contribution in [0.4, 0.5) is 0 Å². The molecule has 0 bridgehead atoms. The third kappa shape index (κ3) is 5.23. The number of hydrogen-bond acceptors (Lipinski definition) is 4. The third-order valence-electron chi connectivity index (χ3n) is 1.68. The quantitative estimate of drug-likeness (QED) is 0.446. The molecule has 4 heteroatoms.